The molecule has 2 aromatic heterocycles. The van der Waals surface area contributed by atoms with Gasteiger partial charge in [-0.15, -0.1) is 11.3 Å². The number of thiophene rings is 1. The minimum absolute atomic E-state index is 0.0420. The summed E-state index contributed by atoms with van der Waals surface area (Å²) < 4.78 is 1.04. The van der Waals surface area contributed by atoms with Crippen LogP contribution in [0.2, 0.25) is 10.0 Å². The lowest BCUT2D eigenvalue weighted by molar-refractivity contribution is -0.158. The molecule has 7 nitrogen and oxygen atoms in total. The number of benzene rings is 1. The Labute approximate surface area is 237 Å². The van der Waals surface area contributed by atoms with E-state index in [0.717, 1.165) is 66.6 Å². The van der Waals surface area contributed by atoms with Crippen molar-refractivity contribution in [2.75, 3.05) is 36.4 Å². The average Bonchev–Trinajstić information content (AvgIpc) is 3.30. The number of anilines is 2. The molecule has 202 valence electrons. The van der Waals surface area contributed by atoms with Crippen molar-refractivity contribution in [2.24, 2.45) is 17.3 Å². The minimum Gasteiger partial charge on any atom is -0.481 e. The maximum absolute atomic E-state index is 11.5. The number of hydrogen-bond donors (Lipinski definition) is 2. The highest BCUT2D eigenvalue weighted by Crippen LogP contribution is 2.45. The van der Waals surface area contributed by atoms with Gasteiger partial charge in [0.25, 0.3) is 0 Å². The van der Waals surface area contributed by atoms with Gasteiger partial charge < -0.3 is 20.2 Å². The predicted molar refractivity (Wildman–Crippen MR) is 155 cm³/mol. The van der Waals surface area contributed by atoms with E-state index in [1.54, 1.807) is 17.4 Å². The first-order chi connectivity index (χ1) is 18.2. The van der Waals surface area contributed by atoms with Crippen molar-refractivity contribution in [3.63, 3.8) is 0 Å². The van der Waals surface area contributed by atoms with Crippen molar-refractivity contribution in [3.05, 3.63) is 45.3 Å². The smallest absolute Gasteiger partial charge is 0.309 e. The molecule has 10 heteroatoms. The summed E-state index contributed by atoms with van der Waals surface area (Å²) >= 11 is 14.2. The van der Waals surface area contributed by atoms with Gasteiger partial charge in [-0.05, 0) is 87.1 Å². The standard InChI is InChI=1S/C28H33Cl2N5O2S/c1-16(21-6-5-19(29)10-22(21)30)31-25-24-23(7-9-38-24)32-27(33-25)35-14-18(15-35)17-4-3-8-34(13-17)20-11-28(2,12-20)26(36)37/h5-7,9-10,16-18,20H,3-4,8,11-15H2,1-2H3,(H,36,37)(H,31,32,33)/t16-,17+,20?,28?/m1/s1. The van der Waals surface area contributed by atoms with E-state index in [4.69, 9.17) is 33.2 Å². The van der Waals surface area contributed by atoms with Crippen LogP contribution >= 0.6 is 34.5 Å². The third-order valence-electron chi connectivity index (χ3n) is 8.83. The fourth-order valence-corrected chi connectivity index (χ4v) is 7.73. The molecule has 6 rings (SSSR count). The lowest BCUT2D eigenvalue weighted by atomic mass is 9.65. The topological polar surface area (TPSA) is 81.6 Å². The predicted octanol–water partition coefficient (Wildman–Crippen LogP) is 6.57. The van der Waals surface area contributed by atoms with E-state index >= 15 is 0 Å². The van der Waals surface area contributed by atoms with Crippen LogP contribution in [0.25, 0.3) is 10.2 Å². The Kier molecular flexibility index (Phi) is 6.95. The lowest BCUT2D eigenvalue weighted by Gasteiger charge is -2.52. The molecule has 2 N–H and O–H groups in total. The first-order valence-electron chi connectivity index (χ1n) is 13.4. The van der Waals surface area contributed by atoms with Gasteiger partial charge in [0, 0.05) is 35.7 Å². The Morgan fingerprint density at radius 2 is 1.97 bits per heavy atom. The molecule has 1 saturated carbocycles. The molecular weight excluding hydrogens is 541 g/mol. The van der Waals surface area contributed by atoms with Gasteiger partial charge in [-0.25, -0.2) is 4.98 Å². The van der Waals surface area contributed by atoms with Crippen LogP contribution in [0.5, 0.6) is 0 Å². The molecule has 3 aliphatic rings. The van der Waals surface area contributed by atoms with Crippen molar-refractivity contribution in [2.45, 2.75) is 51.6 Å². The van der Waals surface area contributed by atoms with Gasteiger partial charge in [-0.1, -0.05) is 29.3 Å². The molecule has 0 amide bonds. The quantitative estimate of drug-likeness (QED) is 0.330. The van der Waals surface area contributed by atoms with E-state index in [1.807, 2.05) is 19.1 Å². The summed E-state index contributed by atoms with van der Waals surface area (Å²) in [6.45, 7) is 8.06. The fraction of sp³-hybridized carbons (Fsp3) is 0.536. The normalized spacial score (nSPS) is 27.1. The highest BCUT2D eigenvalue weighted by molar-refractivity contribution is 7.17. The minimum atomic E-state index is -0.654. The van der Waals surface area contributed by atoms with Gasteiger partial charge >= 0.3 is 5.97 Å². The number of rotatable bonds is 7. The third-order valence-corrected chi connectivity index (χ3v) is 10.3. The van der Waals surface area contributed by atoms with Gasteiger partial charge in [0.05, 0.1) is 21.7 Å². The molecule has 0 spiro atoms. The highest BCUT2D eigenvalue weighted by Gasteiger charge is 2.49. The van der Waals surface area contributed by atoms with Gasteiger partial charge in [0.1, 0.15) is 5.82 Å². The molecule has 3 aromatic rings. The van der Waals surface area contributed by atoms with Crippen molar-refractivity contribution < 1.29 is 9.90 Å². The zero-order valence-electron chi connectivity index (χ0n) is 21.7. The van der Waals surface area contributed by atoms with Crippen LogP contribution in [0, 0.1) is 17.3 Å². The second-order valence-corrected chi connectivity index (χ2v) is 13.3. The fourth-order valence-electron chi connectivity index (χ4n) is 6.37. The summed E-state index contributed by atoms with van der Waals surface area (Å²) in [6.07, 6.45) is 3.98. The molecule has 0 unspecified atom stereocenters. The second kappa shape index (κ2) is 10.1. The number of likely N-dealkylation sites (tertiary alicyclic amines) is 1. The monoisotopic (exact) mass is 573 g/mol. The van der Waals surface area contributed by atoms with E-state index in [0.29, 0.717) is 27.9 Å². The van der Waals surface area contributed by atoms with Gasteiger partial charge in [-0.3, -0.25) is 4.79 Å². The second-order valence-electron chi connectivity index (χ2n) is 11.5. The molecule has 1 aromatic carbocycles. The highest BCUT2D eigenvalue weighted by atomic mass is 35.5. The number of hydrogen-bond acceptors (Lipinski definition) is 7. The summed E-state index contributed by atoms with van der Waals surface area (Å²) in [5.41, 5.74) is 1.39. The third kappa shape index (κ3) is 4.85. The molecule has 0 radical (unpaired) electrons. The maximum atomic E-state index is 11.5. The first-order valence-corrected chi connectivity index (χ1v) is 15.0. The van der Waals surface area contributed by atoms with E-state index in [2.05, 4.69) is 33.5 Å². The van der Waals surface area contributed by atoms with E-state index < -0.39 is 11.4 Å². The number of carboxylic acids is 1. The van der Waals surface area contributed by atoms with Gasteiger partial charge in [0.15, 0.2) is 0 Å². The number of fused-ring (bicyclic) bond motifs is 1. The zero-order chi connectivity index (χ0) is 26.6. The zero-order valence-corrected chi connectivity index (χ0v) is 24.0. The molecule has 2 aliphatic heterocycles. The number of nitrogens with zero attached hydrogens (tertiary/aromatic N) is 4. The number of halogens is 2. The summed E-state index contributed by atoms with van der Waals surface area (Å²) in [4.78, 5) is 26.2. The molecule has 1 aliphatic carbocycles. The van der Waals surface area contributed by atoms with Crippen molar-refractivity contribution in [3.8, 4) is 0 Å². The Bertz CT molecular complexity index is 1350. The summed E-state index contributed by atoms with van der Waals surface area (Å²) in [6, 6.07) is 8.01. The van der Waals surface area contributed by atoms with E-state index in [9.17, 15) is 9.90 Å². The largest absolute Gasteiger partial charge is 0.481 e. The Morgan fingerprint density at radius 1 is 1.18 bits per heavy atom. The summed E-state index contributed by atoms with van der Waals surface area (Å²) in [5.74, 6) is 2.21. The molecule has 0 bridgehead atoms. The Morgan fingerprint density at radius 3 is 2.71 bits per heavy atom. The molecule has 4 heterocycles. The number of nitrogens with one attached hydrogen (secondary N) is 1. The number of aliphatic carboxylic acids is 1. The van der Waals surface area contributed by atoms with Crippen LogP contribution in [0.15, 0.2) is 29.6 Å². The van der Waals surface area contributed by atoms with Crippen LogP contribution in [0.1, 0.15) is 51.1 Å². The summed E-state index contributed by atoms with van der Waals surface area (Å²) in [7, 11) is 0. The molecule has 3 fully saturated rings. The number of piperidine rings is 1. The van der Waals surface area contributed by atoms with Crippen LogP contribution in [-0.4, -0.2) is 58.2 Å². The Hall–Kier alpha value is -2.13. The van der Waals surface area contributed by atoms with Crippen LogP contribution in [0.4, 0.5) is 11.8 Å². The first kappa shape index (κ1) is 26.1. The molecular formula is C28H33Cl2N5O2S. The molecule has 38 heavy (non-hydrogen) atoms. The molecule has 2 saturated heterocycles. The summed E-state index contributed by atoms with van der Waals surface area (Å²) in [5, 5.41) is 16.4. The Balaban J connectivity index is 1.11. The number of carboxylic acid groups (broad SMARTS) is 1. The SMILES string of the molecule is C[C@@H](Nc1nc(N2CC([C@H]3CCCN(C4CC(C)(C(=O)O)C4)C3)C2)nc2ccsc12)c1ccc(Cl)cc1Cl. The maximum Gasteiger partial charge on any atom is 0.309 e. The van der Waals surface area contributed by atoms with Crippen molar-refractivity contribution in [1.82, 2.24) is 14.9 Å². The number of aromatic nitrogens is 2. The van der Waals surface area contributed by atoms with Crippen molar-refractivity contribution in [1.29, 1.82) is 0 Å². The molecule has 2 atom stereocenters. The van der Waals surface area contributed by atoms with E-state index in [-0.39, 0.29) is 6.04 Å². The number of carbonyl (C=O) groups is 1. The van der Waals surface area contributed by atoms with E-state index in [1.165, 1.54) is 12.8 Å². The lowest BCUT2D eigenvalue weighted by Crippen LogP contribution is -2.58. The van der Waals surface area contributed by atoms with Crippen LogP contribution in [0.3, 0.4) is 0 Å². The van der Waals surface area contributed by atoms with Gasteiger partial charge in [0.2, 0.25) is 5.95 Å². The van der Waals surface area contributed by atoms with Gasteiger partial charge in [-0.2, -0.15) is 4.98 Å². The van der Waals surface area contributed by atoms with Crippen LogP contribution < -0.4 is 10.2 Å². The average molecular weight is 575 g/mol. The van der Waals surface area contributed by atoms with Crippen LogP contribution in [-0.2, 0) is 4.79 Å². The van der Waals surface area contributed by atoms with Crippen molar-refractivity contribution >= 4 is 62.5 Å².